The summed E-state index contributed by atoms with van der Waals surface area (Å²) in [5, 5.41) is 24.0. The van der Waals surface area contributed by atoms with Crippen molar-refractivity contribution in [1.82, 2.24) is 4.90 Å². The zero-order chi connectivity index (χ0) is 22.2. The number of β-amino-alcohol motifs (C(OH)–C–C–N with tert-alkyl or cyclic N) is 1. The second-order valence-corrected chi connectivity index (χ2v) is 8.25. The van der Waals surface area contributed by atoms with Crippen molar-refractivity contribution in [2.45, 2.75) is 25.0 Å². The van der Waals surface area contributed by atoms with Crippen LogP contribution in [0.1, 0.15) is 23.7 Å². The van der Waals surface area contributed by atoms with E-state index in [2.05, 4.69) is 5.32 Å². The maximum Gasteiger partial charge on any atom is 0.256 e. The Morgan fingerprint density at radius 2 is 1.97 bits per heavy atom. The Kier molecular flexibility index (Phi) is 6.22. The largest absolute Gasteiger partial charge is 0.379 e. The van der Waals surface area contributed by atoms with Crippen molar-refractivity contribution in [3.8, 4) is 0 Å². The van der Waals surface area contributed by atoms with Crippen molar-refractivity contribution in [3.05, 3.63) is 67.0 Å². The van der Waals surface area contributed by atoms with Gasteiger partial charge in [-0.15, -0.1) is 0 Å². The number of carbonyl (C=O) groups excluding carboxylic acids is 1. The van der Waals surface area contributed by atoms with Crippen LogP contribution < -0.4 is 5.32 Å². The zero-order valence-electron chi connectivity index (χ0n) is 15.7. The van der Waals surface area contributed by atoms with Crippen LogP contribution in [-0.4, -0.2) is 45.6 Å². The minimum Gasteiger partial charge on any atom is -0.379 e. The third-order valence-corrected chi connectivity index (χ3v) is 5.67. The molecule has 1 aliphatic heterocycles. The summed E-state index contributed by atoms with van der Waals surface area (Å²) in [6.07, 6.45) is 0.0651. The van der Waals surface area contributed by atoms with E-state index in [1.165, 1.54) is 12.1 Å². The van der Waals surface area contributed by atoms with Gasteiger partial charge < -0.3 is 15.3 Å². The molecule has 2 aromatic rings. The highest BCUT2D eigenvalue weighted by molar-refractivity contribution is 14.1. The number of nitrogens with one attached hydrogen (secondary N) is 1. The van der Waals surface area contributed by atoms with Gasteiger partial charge in [-0.2, -0.15) is 0 Å². The Labute approximate surface area is 183 Å². The summed E-state index contributed by atoms with van der Waals surface area (Å²) in [7, 11) is 0. The standard InChI is InChI=1S/C19H17F3IN3O4/c1-2-15(26(29)30)19(28)8-25(9-19)18(27)11-4-5-12(20)16(22)17(11)24-14-6-3-10(23)7-13(14)21/h3-7,15,24,28H,2,8-9H2,1H3. The van der Waals surface area contributed by atoms with E-state index in [0.29, 0.717) is 3.57 Å². The molecule has 0 bridgehead atoms. The molecule has 0 radical (unpaired) electrons. The number of carbonyl (C=O) groups is 1. The van der Waals surface area contributed by atoms with Gasteiger partial charge in [0.15, 0.2) is 17.2 Å². The highest BCUT2D eigenvalue weighted by Crippen LogP contribution is 2.33. The molecule has 0 saturated carbocycles. The Morgan fingerprint density at radius 1 is 1.30 bits per heavy atom. The van der Waals surface area contributed by atoms with Crippen molar-refractivity contribution < 1.29 is 28.0 Å². The van der Waals surface area contributed by atoms with E-state index < -0.39 is 45.6 Å². The van der Waals surface area contributed by atoms with Crippen LogP contribution in [0.25, 0.3) is 0 Å². The number of benzene rings is 2. The first-order valence-corrected chi connectivity index (χ1v) is 10.0. The quantitative estimate of drug-likeness (QED) is 0.335. The fraction of sp³-hybridized carbons (Fsp3) is 0.316. The highest BCUT2D eigenvalue weighted by atomic mass is 127. The number of halogens is 4. The summed E-state index contributed by atoms with van der Waals surface area (Å²) in [5.74, 6) is -4.10. The fourth-order valence-electron chi connectivity index (χ4n) is 3.44. The summed E-state index contributed by atoms with van der Waals surface area (Å²) in [5.41, 5.74) is -2.71. The van der Waals surface area contributed by atoms with E-state index in [4.69, 9.17) is 0 Å². The van der Waals surface area contributed by atoms with Crippen molar-refractivity contribution in [2.75, 3.05) is 18.4 Å². The Balaban J connectivity index is 1.89. The van der Waals surface area contributed by atoms with Gasteiger partial charge in [-0.25, -0.2) is 13.2 Å². The lowest BCUT2D eigenvalue weighted by Gasteiger charge is -2.46. The van der Waals surface area contributed by atoms with E-state index in [-0.39, 0.29) is 30.8 Å². The van der Waals surface area contributed by atoms with E-state index in [0.717, 1.165) is 17.0 Å². The second-order valence-electron chi connectivity index (χ2n) is 7.01. The van der Waals surface area contributed by atoms with Crippen molar-refractivity contribution in [2.24, 2.45) is 0 Å². The molecule has 1 atom stereocenters. The molecule has 11 heteroatoms. The molecule has 160 valence electrons. The molecule has 2 N–H and O–H groups in total. The number of rotatable bonds is 6. The zero-order valence-corrected chi connectivity index (χ0v) is 17.8. The van der Waals surface area contributed by atoms with Gasteiger partial charge in [-0.05, 0) is 52.9 Å². The van der Waals surface area contributed by atoms with Gasteiger partial charge in [0, 0.05) is 14.9 Å². The lowest BCUT2D eigenvalue weighted by molar-refractivity contribution is -0.550. The Morgan fingerprint density at radius 3 is 2.53 bits per heavy atom. The third-order valence-electron chi connectivity index (χ3n) is 4.99. The number of nitro groups is 1. The maximum atomic E-state index is 14.5. The minimum atomic E-state index is -1.71. The molecule has 1 saturated heterocycles. The van der Waals surface area contributed by atoms with Gasteiger partial charge in [-0.3, -0.25) is 14.9 Å². The summed E-state index contributed by atoms with van der Waals surface area (Å²) >= 11 is 1.89. The molecule has 1 aliphatic rings. The van der Waals surface area contributed by atoms with Crippen LogP contribution in [-0.2, 0) is 0 Å². The average Bonchev–Trinajstić information content (AvgIpc) is 2.65. The first kappa shape index (κ1) is 22.3. The maximum absolute atomic E-state index is 14.5. The lowest BCUT2D eigenvalue weighted by Crippen LogP contribution is -2.70. The molecule has 0 aliphatic carbocycles. The predicted octanol–water partition coefficient (Wildman–Crippen LogP) is 3.69. The van der Waals surface area contributed by atoms with Crippen molar-refractivity contribution in [1.29, 1.82) is 0 Å². The average molecular weight is 535 g/mol. The van der Waals surface area contributed by atoms with Gasteiger partial charge in [0.2, 0.25) is 6.04 Å². The van der Waals surface area contributed by atoms with Crippen LogP contribution >= 0.6 is 22.6 Å². The molecule has 0 aromatic heterocycles. The highest BCUT2D eigenvalue weighted by Gasteiger charge is 2.55. The monoisotopic (exact) mass is 535 g/mol. The smallest absolute Gasteiger partial charge is 0.256 e. The fourth-order valence-corrected chi connectivity index (χ4v) is 3.89. The summed E-state index contributed by atoms with van der Waals surface area (Å²) in [4.78, 5) is 24.4. The van der Waals surface area contributed by atoms with Crippen LogP contribution in [0.4, 0.5) is 24.5 Å². The first-order valence-electron chi connectivity index (χ1n) is 8.92. The minimum absolute atomic E-state index is 0.0651. The molecular weight excluding hydrogens is 518 g/mol. The summed E-state index contributed by atoms with van der Waals surface area (Å²) < 4.78 is 43.0. The van der Waals surface area contributed by atoms with Crippen LogP contribution in [0.3, 0.4) is 0 Å². The normalized spacial score (nSPS) is 16.0. The SMILES string of the molecule is CCC([N+](=O)[O-])C1(O)CN(C(=O)c2ccc(F)c(F)c2Nc2ccc(I)cc2F)C1. The van der Waals surface area contributed by atoms with Gasteiger partial charge in [0.25, 0.3) is 5.91 Å². The molecule has 1 heterocycles. The molecule has 3 rings (SSSR count). The lowest BCUT2D eigenvalue weighted by atomic mass is 9.84. The molecule has 0 spiro atoms. The Bertz CT molecular complexity index is 1010. The molecule has 1 unspecified atom stereocenters. The topological polar surface area (TPSA) is 95.7 Å². The van der Waals surface area contributed by atoms with Crippen LogP contribution in [0.5, 0.6) is 0 Å². The number of amides is 1. The van der Waals surface area contributed by atoms with Gasteiger partial charge >= 0.3 is 0 Å². The number of aliphatic hydroxyl groups is 1. The summed E-state index contributed by atoms with van der Waals surface area (Å²) in [6, 6.07) is 4.58. The summed E-state index contributed by atoms with van der Waals surface area (Å²) in [6.45, 7) is 0.881. The van der Waals surface area contributed by atoms with E-state index in [1.54, 1.807) is 13.0 Å². The van der Waals surface area contributed by atoms with E-state index >= 15 is 0 Å². The van der Waals surface area contributed by atoms with E-state index in [9.17, 15) is 33.2 Å². The molecule has 1 fully saturated rings. The number of likely N-dealkylation sites (tertiary alicyclic amines) is 1. The van der Waals surface area contributed by atoms with Crippen LogP contribution in [0.15, 0.2) is 30.3 Å². The molecule has 30 heavy (non-hydrogen) atoms. The first-order chi connectivity index (χ1) is 14.1. The van der Waals surface area contributed by atoms with E-state index in [1.807, 2.05) is 22.6 Å². The number of hydrogen-bond acceptors (Lipinski definition) is 5. The molecule has 7 nitrogen and oxygen atoms in total. The molecular formula is C19H17F3IN3O4. The van der Waals surface area contributed by atoms with Gasteiger partial charge in [0.05, 0.1) is 30.0 Å². The van der Waals surface area contributed by atoms with Crippen molar-refractivity contribution in [3.63, 3.8) is 0 Å². The third kappa shape index (κ3) is 4.08. The molecule has 1 amide bonds. The number of hydrogen-bond donors (Lipinski definition) is 2. The van der Waals surface area contributed by atoms with Gasteiger partial charge in [0.1, 0.15) is 5.82 Å². The predicted molar refractivity (Wildman–Crippen MR) is 111 cm³/mol. The number of anilines is 2. The van der Waals surface area contributed by atoms with Gasteiger partial charge in [-0.1, -0.05) is 6.92 Å². The molecule has 2 aromatic carbocycles. The van der Waals surface area contributed by atoms with Crippen LogP contribution in [0, 0.1) is 31.1 Å². The van der Waals surface area contributed by atoms with Crippen molar-refractivity contribution >= 4 is 39.9 Å². The second kappa shape index (κ2) is 8.38. The Hall–Kier alpha value is -2.41. The number of nitrogens with zero attached hydrogens (tertiary/aromatic N) is 2. The van der Waals surface area contributed by atoms with Crippen LogP contribution in [0.2, 0.25) is 0 Å².